The Labute approximate surface area is 127 Å². The first-order valence-electron chi connectivity index (χ1n) is 8.36. The summed E-state index contributed by atoms with van der Waals surface area (Å²) in [4.78, 5) is 12.4. The summed E-state index contributed by atoms with van der Waals surface area (Å²) >= 11 is 0. The van der Waals surface area contributed by atoms with Gasteiger partial charge >= 0.3 is 0 Å². The molecule has 0 unspecified atom stereocenters. The Morgan fingerprint density at radius 1 is 1.10 bits per heavy atom. The lowest BCUT2D eigenvalue weighted by Gasteiger charge is -2.33. The molecule has 0 heterocycles. The molecular weight excluding hydrogens is 260 g/mol. The topological polar surface area (TPSA) is 55.1 Å². The number of carbonyl (C=O) groups excluding carboxylic acids is 1. The van der Waals surface area contributed by atoms with Gasteiger partial charge in [-0.2, -0.15) is 0 Å². The van der Waals surface area contributed by atoms with Gasteiger partial charge in [-0.3, -0.25) is 4.79 Å². The van der Waals surface area contributed by atoms with Crippen molar-refractivity contribution in [2.24, 2.45) is 5.73 Å². The molecule has 2 aliphatic rings. The van der Waals surface area contributed by atoms with Gasteiger partial charge in [0, 0.05) is 17.6 Å². The number of hydrogen-bond donors (Lipinski definition) is 2. The maximum absolute atomic E-state index is 12.4. The summed E-state index contributed by atoms with van der Waals surface area (Å²) in [6.45, 7) is 0. The van der Waals surface area contributed by atoms with Crippen LogP contribution in [0.1, 0.15) is 62.5 Å². The van der Waals surface area contributed by atoms with Gasteiger partial charge in [-0.25, -0.2) is 0 Å². The minimum absolute atomic E-state index is 0.0818. The van der Waals surface area contributed by atoms with E-state index in [4.69, 9.17) is 5.73 Å². The second kappa shape index (κ2) is 6.18. The number of amides is 1. The van der Waals surface area contributed by atoms with E-state index in [2.05, 4.69) is 17.4 Å². The van der Waals surface area contributed by atoms with Crippen LogP contribution in [-0.4, -0.2) is 11.4 Å². The van der Waals surface area contributed by atoms with Crippen LogP contribution >= 0.6 is 0 Å². The number of nitrogens with one attached hydrogen (secondary N) is 1. The van der Waals surface area contributed by atoms with E-state index in [9.17, 15) is 4.79 Å². The smallest absolute Gasteiger partial charge is 0.226 e. The van der Waals surface area contributed by atoms with Gasteiger partial charge in [0.1, 0.15) is 0 Å². The van der Waals surface area contributed by atoms with Crippen LogP contribution in [0.3, 0.4) is 0 Å². The molecule has 3 N–H and O–H groups in total. The van der Waals surface area contributed by atoms with Crippen LogP contribution in [-0.2, 0) is 17.6 Å². The normalized spacial score (nSPS) is 20.6. The van der Waals surface area contributed by atoms with Crippen molar-refractivity contribution in [2.75, 3.05) is 5.32 Å². The van der Waals surface area contributed by atoms with Crippen molar-refractivity contribution in [3.8, 4) is 0 Å². The molecule has 1 saturated carbocycles. The molecule has 0 spiro atoms. The van der Waals surface area contributed by atoms with Crippen molar-refractivity contribution in [1.82, 2.24) is 0 Å². The van der Waals surface area contributed by atoms with Crippen LogP contribution in [0, 0.1) is 0 Å². The standard InChI is InChI=1S/C18H26N2O/c19-18(11-4-1-5-12-18)13-17(21)20-16-10-6-8-14-7-2-3-9-15(14)16/h6,8,10H,1-5,7,9,11-13,19H2,(H,20,21). The number of aryl methyl sites for hydroxylation is 1. The molecule has 0 aromatic heterocycles. The summed E-state index contributed by atoms with van der Waals surface area (Å²) in [5.41, 5.74) is 9.86. The average molecular weight is 286 g/mol. The Bertz CT molecular complexity index is 518. The fourth-order valence-electron chi connectivity index (χ4n) is 3.85. The Morgan fingerprint density at radius 3 is 2.67 bits per heavy atom. The number of anilines is 1. The van der Waals surface area contributed by atoms with E-state index in [-0.39, 0.29) is 11.4 Å². The average Bonchev–Trinajstić information content (AvgIpc) is 2.48. The maximum Gasteiger partial charge on any atom is 0.226 e. The highest BCUT2D eigenvalue weighted by atomic mass is 16.1. The predicted molar refractivity (Wildman–Crippen MR) is 86.3 cm³/mol. The highest BCUT2D eigenvalue weighted by Crippen LogP contribution is 2.31. The minimum atomic E-state index is -0.281. The third kappa shape index (κ3) is 3.46. The maximum atomic E-state index is 12.4. The van der Waals surface area contributed by atoms with Crippen LogP contribution in [0.25, 0.3) is 0 Å². The first-order chi connectivity index (χ1) is 10.2. The second-order valence-corrected chi connectivity index (χ2v) is 6.80. The Morgan fingerprint density at radius 2 is 1.86 bits per heavy atom. The molecule has 1 aromatic rings. The highest BCUT2D eigenvalue weighted by molar-refractivity contribution is 5.92. The molecule has 3 rings (SSSR count). The molecule has 0 atom stereocenters. The van der Waals surface area contributed by atoms with Crippen molar-refractivity contribution in [1.29, 1.82) is 0 Å². The van der Waals surface area contributed by atoms with E-state index in [0.29, 0.717) is 6.42 Å². The second-order valence-electron chi connectivity index (χ2n) is 6.80. The molecule has 114 valence electrons. The summed E-state index contributed by atoms with van der Waals surface area (Å²) in [6.07, 6.45) is 10.7. The first kappa shape index (κ1) is 14.6. The minimum Gasteiger partial charge on any atom is -0.326 e. The van der Waals surface area contributed by atoms with Crippen molar-refractivity contribution >= 4 is 11.6 Å². The van der Waals surface area contributed by atoms with E-state index >= 15 is 0 Å². The third-order valence-corrected chi connectivity index (χ3v) is 5.03. The molecule has 0 saturated heterocycles. The van der Waals surface area contributed by atoms with Crippen molar-refractivity contribution in [2.45, 2.75) is 69.7 Å². The molecule has 1 fully saturated rings. The fraction of sp³-hybridized carbons (Fsp3) is 0.611. The van der Waals surface area contributed by atoms with Gasteiger partial charge in [0.15, 0.2) is 0 Å². The van der Waals surface area contributed by atoms with Crippen molar-refractivity contribution in [3.63, 3.8) is 0 Å². The molecule has 21 heavy (non-hydrogen) atoms. The molecule has 1 aromatic carbocycles. The molecule has 1 amide bonds. The highest BCUT2D eigenvalue weighted by Gasteiger charge is 2.30. The summed E-state index contributed by atoms with van der Waals surface area (Å²) < 4.78 is 0. The summed E-state index contributed by atoms with van der Waals surface area (Å²) in [5.74, 6) is 0.0818. The van der Waals surface area contributed by atoms with Crippen LogP contribution in [0.15, 0.2) is 18.2 Å². The summed E-state index contributed by atoms with van der Waals surface area (Å²) in [7, 11) is 0. The van der Waals surface area contributed by atoms with Gasteiger partial charge in [-0.15, -0.1) is 0 Å². The van der Waals surface area contributed by atoms with E-state index in [1.165, 1.54) is 30.4 Å². The van der Waals surface area contributed by atoms with Crippen LogP contribution < -0.4 is 11.1 Å². The zero-order chi connectivity index (χ0) is 14.7. The first-order valence-corrected chi connectivity index (χ1v) is 8.36. The van der Waals surface area contributed by atoms with Gasteiger partial charge in [-0.05, 0) is 55.7 Å². The van der Waals surface area contributed by atoms with Crippen LogP contribution in [0.5, 0.6) is 0 Å². The molecule has 3 nitrogen and oxygen atoms in total. The van der Waals surface area contributed by atoms with E-state index in [0.717, 1.165) is 44.2 Å². The predicted octanol–water partition coefficient (Wildman–Crippen LogP) is 3.56. The number of hydrogen-bond acceptors (Lipinski definition) is 2. The summed E-state index contributed by atoms with van der Waals surface area (Å²) in [5, 5.41) is 3.12. The Hall–Kier alpha value is -1.35. The lowest BCUT2D eigenvalue weighted by atomic mass is 9.80. The van der Waals surface area contributed by atoms with Crippen LogP contribution in [0.4, 0.5) is 5.69 Å². The monoisotopic (exact) mass is 286 g/mol. The lowest BCUT2D eigenvalue weighted by Crippen LogP contribution is -2.44. The van der Waals surface area contributed by atoms with Gasteiger partial charge < -0.3 is 11.1 Å². The van der Waals surface area contributed by atoms with Gasteiger partial charge in [0.25, 0.3) is 0 Å². The molecule has 0 radical (unpaired) electrons. The molecule has 0 bridgehead atoms. The molecule has 2 aliphatic carbocycles. The third-order valence-electron chi connectivity index (χ3n) is 5.03. The van der Waals surface area contributed by atoms with E-state index in [1.54, 1.807) is 0 Å². The molecule has 3 heteroatoms. The quantitative estimate of drug-likeness (QED) is 0.892. The number of nitrogens with two attached hydrogens (primary N) is 1. The number of rotatable bonds is 3. The molecule has 0 aliphatic heterocycles. The van der Waals surface area contributed by atoms with Crippen molar-refractivity contribution < 1.29 is 4.79 Å². The fourth-order valence-corrected chi connectivity index (χ4v) is 3.85. The van der Waals surface area contributed by atoms with Gasteiger partial charge in [0.2, 0.25) is 5.91 Å². The number of carbonyl (C=O) groups is 1. The summed E-state index contributed by atoms with van der Waals surface area (Å²) in [6, 6.07) is 6.28. The number of benzene rings is 1. The Kier molecular flexibility index (Phi) is 4.29. The van der Waals surface area contributed by atoms with Gasteiger partial charge in [0.05, 0.1) is 0 Å². The number of fused-ring (bicyclic) bond motifs is 1. The van der Waals surface area contributed by atoms with E-state index in [1.807, 2.05) is 6.07 Å². The zero-order valence-electron chi connectivity index (χ0n) is 12.8. The van der Waals surface area contributed by atoms with Gasteiger partial charge in [-0.1, -0.05) is 31.4 Å². The SMILES string of the molecule is NC1(CC(=O)Nc2cccc3c2CCCC3)CCCCC1. The Balaban J connectivity index is 1.67. The van der Waals surface area contributed by atoms with Crippen LogP contribution in [0.2, 0.25) is 0 Å². The lowest BCUT2D eigenvalue weighted by molar-refractivity contribution is -0.117. The molecular formula is C18H26N2O. The largest absolute Gasteiger partial charge is 0.326 e. The van der Waals surface area contributed by atoms with Crippen molar-refractivity contribution in [3.05, 3.63) is 29.3 Å². The van der Waals surface area contributed by atoms with E-state index < -0.39 is 0 Å². The zero-order valence-corrected chi connectivity index (χ0v) is 12.8.